The highest BCUT2D eigenvalue weighted by atomic mass is 35.5. The summed E-state index contributed by atoms with van der Waals surface area (Å²) < 4.78 is 5.67. The first-order valence-electron chi connectivity index (χ1n) is 7.61. The Bertz CT molecular complexity index is 466. The number of carbonyl (C=O) groups is 1. The molecule has 4 nitrogen and oxygen atoms in total. The van der Waals surface area contributed by atoms with Crippen molar-refractivity contribution >= 4 is 18.3 Å². The van der Waals surface area contributed by atoms with Gasteiger partial charge in [0.25, 0.3) is 0 Å². The van der Waals surface area contributed by atoms with E-state index in [-0.39, 0.29) is 30.3 Å². The monoisotopic (exact) mass is 328 g/mol. The maximum Gasteiger partial charge on any atom is 0.239 e. The van der Waals surface area contributed by atoms with Crippen LogP contribution < -0.4 is 10.5 Å². The maximum absolute atomic E-state index is 12.3. The number of hydrogen-bond donors (Lipinski definition) is 1. The molecule has 0 saturated heterocycles. The molecule has 0 heterocycles. The molecule has 22 heavy (non-hydrogen) atoms. The number of likely N-dealkylation sites (N-methyl/N-ethyl adjacent to an activating group) is 1. The Morgan fingerprint density at radius 2 is 1.95 bits per heavy atom. The molecule has 1 aromatic rings. The molecule has 0 aliphatic heterocycles. The van der Waals surface area contributed by atoms with Crippen LogP contribution in [0.25, 0.3) is 0 Å². The zero-order chi connectivity index (χ0) is 16.0. The number of amides is 1. The summed E-state index contributed by atoms with van der Waals surface area (Å²) in [5.74, 6) is 1.00. The summed E-state index contributed by atoms with van der Waals surface area (Å²) in [6, 6.07) is 7.40. The average molecular weight is 329 g/mol. The first kappa shape index (κ1) is 20.7. The third-order valence-electron chi connectivity index (χ3n) is 3.61. The van der Waals surface area contributed by atoms with E-state index in [1.165, 1.54) is 0 Å². The Labute approximate surface area is 140 Å². The van der Waals surface area contributed by atoms with E-state index < -0.39 is 6.04 Å². The number of carbonyl (C=O) groups excluding carboxylic acids is 1. The van der Waals surface area contributed by atoms with Gasteiger partial charge in [0, 0.05) is 13.6 Å². The molecule has 126 valence electrons. The lowest BCUT2D eigenvalue weighted by Crippen LogP contribution is -2.45. The zero-order valence-electron chi connectivity index (χ0n) is 14.2. The van der Waals surface area contributed by atoms with Crippen molar-refractivity contribution in [3.05, 3.63) is 29.8 Å². The minimum atomic E-state index is -0.435. The summed E-state index contributed by atoms with van der Waals surface area (Å²) in [6.07, 6.45) is 1.04. The molecule has 5 heteroatoms. The quantitative estimate of drug-likeness (QED) is 0.836. The van der Waals surface area contributed by atoms with Gasteiger partial charge in [-0.05, 0) is 37.5 Å². The molecule has 0 aromatic heterocycles. The van der Waals surface area contributed by atoms with Crippen LogP contribution in [0.3, 0.4) is 0 Å². The topological polar surface area (TPSA) is 55.6 Å². The average Bonchev–Trinajstić information content (AvgIpc) is 2.44. The molecule has 0 fully saturated rings. The van der Waals surface area contributed by atoms with Crippen LogP contribution in [-0.4, -0.2) is 30.0 Å². The summed E-state index contributed by atoms with van der Waals surface area (Å²) in [5.41, 5.74) is 7.05. The van der Waals surface area contributed by atoms with Gasteiger partial charge in [0.05, 0.1) is 12.1 Å². The lowest BCUT2D eigenvalue weighted by Gasteiger charge is -2.25. The molecule has 0 aliphatic carbocycles. The molecule has 0 spiro atoms. The van der Waals surface area contributed by atoms with E-state index in [1.54, 1.807) is 11.9 Å². The minimum absolute atomic E-state index is 0. The lowest BCUT2D eigenvalue weighted by molar-refractivity contribution is -0.132. The Morgan fingerprint density at radius 3 is 2.50 bits per heavy atom. The number of rotatable bonds is 7. The van der Waals surface area contributed by atoms with E-state index in [9.17, 15) is 4.79 Å². The summed E-state index contributed by atoms with van der Waals surface area (Å²) in [6.45, 7) is 8.58. The third kappa shape index (κ3) is 6.24. The van der Waals surface area contributed by atoms with Crippen molar-refractivity contribution < 1.29 is 9.53 Å². The Kier molecular flexibility index (Phi) is 9.14. The van der Waals surface area contributed by atoms with Crippen LogP contribution >= 0.6 is 12.4 Å². The van der Waals surface area contributed by atoms with Crippen LogP contribution in [0.2, 0.25) is 0 Å². The van der Waals surface area contributed by atoms with E-state index in [0.717, 1.165) is 17.7 Å². The van der Waals surface area contributed by atoms with Gasteiger partial charge in [-0.3, -0.25) is 4.79 Å². The second-order valence-corrected chi connectivity index (χ2v) is 5.92. The molecule has 1 aromatic carbocycles. The number of nitrogens with zero attached hydrogens (tertiary/aromatic N) is 1. The van der Waals surface area contributed by atoms with Gasteiger partial charge in [-0.2, -0.15) is 0 Å². The van der Waals surface area contributed by atoms with Crippen LogP contribution in [-0.2, 0) is 11.3 Å². The fourth-order valence-electron chi connectivity index (χ4n) is 2.09. The minimum Gasteiger partial charge on any atom is -0.491 e. The third-order valence-corrected chi connectivity index (χ3v) is 3.61. The van der Waals surface area contributed by atoms with Crippen LogP contribution in [0.1, 0.15) is 39.7 Å². The van der Waals surface area contributed by atoms with Gasteiger partial charge >= 0.3 is 0 Å². The van der Waals surface area contributed by atoms with Gasteiger partial charge in [0.2, 0.25) is 5.91 Å². The highest BCUT2D eigenvalue weighted by Gasteiger charge is 2.22. The predicted molar refractivity (Wildman–Crippen MR) is 93.4 cm³/mol. The van der Waals surface area contributed by atoms with E-state index >= 15 is 0 Å². The van der Waals surface area contributed by atoms with E-state index in [2.05, 4.69) is 0 Å². The van der Waals surface area contributed by atoms with E-state index in [0.29, 0.717) is 6.54 Å². The van der Waals surface area contributed by atoms with Crippen LogP contribution in [0.4, 0.5) is 0 Å². The van der Waals surface area contributed by atoms with Gasteiger partial charge in [-0.15, -0.1) is 12.4 Å². The van der Waals surface area contributed by atoms with Crippen molar-refractivity contribution in [2.24, 2.45) is 11.7 Å². The van der Waals surface area contributed by atoms with Gasteiger partial charge < -0.3 is 15.4 Å². The smallest absolute Gasteiger partial charge is 0.239 e. The number of ether oxygens (including phenoxy) is 1. The van der Waals surface area contributed by atoms with Crippen molar-refractivity contribution in [2.45, 2.75) is 52.8 Å². The van der Waals surface area contributed by atoms with Crippen LogP contribution in [0, 0.1) is 5.92 Å². The second kappa shape index (κ2) is 9.70. The van der Waals surface area contributed by atoms with Gasteiger partial charge in [0.1, 0.15) is 5.75 Å². The second-order valence-electron chi connectivity index (χ2n) is 5.92. The molecule has 2 atom stereocenters. The number of benzene rings is 1. The van der Waals surface area contributed by atoms with Crippen molar-refractivity contribution in [3.63, 3.8) is 0 Å². The molecule has 2 unspecified atom stereocenters. The van der Waals surface area contributed by atoms with Gasteiger partial charge in [-0.25, -0.2) is 0 Å². The van der Waals surface area contributed by atoms with Crippen LogP contribution in [0.5, 0.6) is 5.75 Å². The lowest BCUT2D eigenvalue weighted by atomic mass is 9.99. The highest BCUT2D eigenvalue weighted by molar-refractivity contribution is 5.85. The summed E-state index contributed by atoms with van der Waals surface area (Å²) in [5, 5.41) is 0. The van der Waals surface area contributed by atoms with Crippen molar-refractivity contribution in [1.29, 1.82) is 0 Å². The molecule has 0 radical (unpaired) electrons. The normalized spacial score (nSPS) is 13.2. The first-order chi connectivity index (χ1) is 9.85. The fourth-order valence-corrected chi connectivity index (χ4v) is 2.09. The van der Waals surface area contributed by atoms with E-state index in [4.69, 9.17) is 10.5 Å². The fraction of sp³-hybridized carbons (Fsp3) is 0.588. The van der Waals surface area contributed by atoms with Gasteiger partial charge in [-0.1, -0.05) is 32.4 Å². The molecule has 1 amide bonds. The molecule has 0 saturated carbocycles. The molecular formula is C17H29ClN2O2. The molecular weight excluding hydrogens is 300 g/mol. The Hall–Kier alpha value is -1.26. The molecule has 0 aliphatic rings. The van der Waals surface area contributed by atoms with Crippen molar-refractivity contribution in [3.8, 4) is 5.75 Å². The maximum atomic E-state index is 12.3. The molecule has 2 N–H and O–H groups in total. The SMILES string of the molecule is CCC(C)C(N)C(=O)N(C)Cc1cccc(OC(C)C)c1.Cl. The Morgan fingerprint density at radius 1 is 1.32 bits per heavy atom. The summed E-state index contributed by atoms with van der Waals surface area (Å²) in [4.78, 5) is 14.0. The summed E-state index contributed by atoms with van der Waals surface area (Å²) in [7, 11) is 1.79. The van der Waals surface area contributed by atoms with Crippen molar-refractivity contribution in [1.82, 2.24) is 4.90 Å². The van der Waals surface area contributed by atoms with E-state index in [1.807, 2.05) is 52.0 Å². The molecule has 1 rings (SSSR count). The standard InChI is InChI=1S/C17H28N2O2.ClH/c1-6-13(4)16(18)17(20)19(5)11-14-8-7-9-15(10-14)21-12(2)3;/h7-10,12-13,16H,6,11,18H2,1-5H3;1H. The predicted octanol–water partition coefficient (Wildman–Crippen LogP) is 3.23. The Balaban J connectivity index is 0.00000441. The number of hydrogen-bond acceptors (Lipinski definition) is 3. The first-order valence-corrected chi connectivity index (χ1v) is 7.61. The molecule has 0 bridgehead atoms. The van der Waals surface area contributed by atoms with Crippen molar-refractivity contribution in [2.75, 3.05) is 7.05 Å². The summed E-state index contributed by atoms with van der Waals surface area (Å²) >= 11 is 0. The highest BCUT2D eigenvalue weighted by Crippen LogP contribution is 2.17. The van der Waals surface area contributed by atoms with Crippen LogP contribution in [0.15, 0.2) is 24.3 Å². The number of nitrogens with two attached hydrogens (primary N) is 1. The largest absolute Gasteiger partial charge is 0.491 e. The van der Waals surface area contributed by atoms with Gasteiger partial charge in [0.15, 0.2) is 0 Å². The number of halogens is 1. The zero-order valence-corrected chi connectivity index (χ0v) is 15.0.